The van der Waals surface area contributed by atoms with E-state index in [2.05, 4.69) is 93.3 Å². The van der Waals surface area contributed by atoms with E-state index in [4.69, 9.17) is 4.74 Å². The number of ether oxygens (including phenoxy) is 1. The number of rotatable bonds is 8. The van der Waals surface area contributed by atoms with Crippen molar-refractivity contribution in [1.29, 1.82) is 0 Å². The molecule has 0 radical (unpaired) electrons. The highest BCUT2D eigenvalue weighted by Crippen LogP contribution is 2.44. The second-order valence-electron chi connectivity index (χ2n) is 9.50. The summed E-state index contributed by atoms with van der Waals surface area (Å²) in [6, 6.07) is 22.4. The topological polar surface area (TPSA) is 12.5 Å². The fourth-order valence-corrected chi connectivity index (χ4v) is 4.79. The van der Waals surface area contributed by atoms with Crippen LogP contribution in [-0.4, -0.2) is 29.7 Å². The Hall–Kier alpha value is -1.64. The molecule has 1 saturated heterocycles. The number of hydrogen-bond acceptors (Lipinski definition) is 2. The fourth-order valence-electron chi connectivity index (χ4n) is 4.79. The van der Waals surface area contributed by atoms with E-state index in [9.17, 15) is 0 Å². The van der Waals surface area contributed by atoms with Crippen LogP contribution in [0.25, 0.3) is 0 Å². The predicted octanol–water partition coefficient (Wildman–Crippen LogP) is 6.11. The highest BCUT2D eigenvalue weighted by molar-refractivity contribution is 5.18. The van der Waals surface area contributed by atoms with Crippen LogP contribution in [0.5, 0.6) is 0 Å². The lowest BCUT2D eigenvalue weighted by Crippen LogP contribution is -2.44. The first-order valence-corrected chi connectivity index (χ1v) is 10.8. The minimum absolute atomic E-state index is 0.0326. The maximum Gasteiger partial charge on any atom is 0.0631 e. The third-order valence-corrected chi connectivity index (χ3v) is 6.24. The van der Waals surface area contributed by atoms with Gasteiger partial charge >= 0.3 is 0 Å². The molecule has 152 valence electrons. The van der Waals surface area contributed by atoms with Crippen molar-refractivity contribution in [1.82, 2.24) is 4.90 Å². The van der Waals surface area contributed by atoms with Gasteiger partial charge in [-0.15, -0.1) is 0 Å². The summed E-state index contributed by atoms with van der Waals surface area (Å²) in [5, 5.41) is 0. The van der Waals surface area contributed by atoms with Crippen molar-refractivity contribution in [2.75, 3.05) is 13.2 Å². The molecular formula is C26H37NO. The van der Waals surface area contributed by atoms with Gasteiger partial charge in [0.2, 0.25) is 0 Å². The monoisotopic (exact) mass is 379 g/mol. The van der Waals surface area contributed by atoms with Gasteiger partial charge in [0, 0.05) is 19.2 Å². The Morgan fingerprint density at radius 1 is 0.929 bits per heavy atom. The van der Waals surface area contributed by atoms with Crippen LogP contribution in [0.2, 0.25) is 0 Å². The van der Waals surface area contributed by atoms with Gasteiger partial charge in [0.25, 0.3) is 0 Å². The van der Waals surface area contributed by atoms with Crippen LogP contribution in [0.4, 0.5) is 0 Å². The molecule has 1 atom stereocenters. The van der Waals surface area contributed by atoms with Crippen molar-refractivity contribution in [3.05, 3.63) is 71.8 Å². The average Bonchev–Trinajstić information content (AvgIpc) is 2.66. The second-order valence-corrected chi connectivity index (χ2v) is 9.50. The smallest absolute Gasteiger partial charge is 0.0631 e. The summed E-state index contributed by atoms with van der Waals surface area (Å²) >= 11 is 0. The van der Waals surface area contributed by atoms with Gasteiger partial charge in [-0.2, -0.15) is 0 Å². The third kappa shape index (κ3) is 5.93. The lowest BCUT2D eigenvalue weighted by atomic mass is 9.68. The summed E-state index contributed by atoms with van der Waals surface area (Å²) in [4.78, 5) is 2.63. The van der Waals surface area contributed by atoms with E-state index in [1.807, 2.05) is 0 Å². The first kappa shape index (κ1) is 21.1. The van der Waals surface area contributed by atoms with Crippen LogP contribution < -0.4 is 0 Å². The van der Waals surface area contributed by atoms with Gasteiger partial charge in [-0.3, -0.25) is 4.90 Å². The summed E-state index contributed by atoms with van der Waals surface area (Å²) in [6.45, 7) is 12.2. The van der Waals surface area contributed by atoms with Crippen LogP contribution in [0.1, 0.15) is 58.1 Å². The van der Waals surface area contributed by atoms with E-state index in [0.29, 0.717) is 11.5 Å². The standard InChI is InChI=1S/C26H37NO/c1-22(2)27(20-24-13-9-6-10-14-24)17-15-26(16-18-28-25(3,4)21-26)19-23-11-7-5-8-12-23/h5-14,22H,15-21H2,1-4H3. The zero-order valence-electron chi connectivity index (χ0n) is 18.2. The van der Waals surface area contributed by atoms with Gasteiger partial charge in [-0.25, -0.2) is 0 Å². The van der Waals surface area contributed by atoms with Crippen molar-refractivity contribution in [2.45, 2.75) is 71.6 Å². The van der Waals surface area contributed by atoms with Crippen LogP contribution >= 0.6 is 0 Å². The molecule has 2 aromatic rings. The lowest BCUT2D eigenvalue weighted by Gasteiger charge is -2.46. The van der Waals surface area contributed by atoms with Gasteiger partial charge in [-0.1, -0.05) is 60.7 Å². The zero-order valence-corrected chi connectivity index (χ0v) is 18.2. The molecule has 2 nitrogen and oxygen atoms in total. The van der Waals surface area contributed by atoms with E-state index in [0.717, 1.165) is 39.0 Å². The molecule has 0 aliphatic carbocycles. The van der Waals surface area contributed by atoms with E-state index in [1.54, 1.807) is 0 Å². The lowest BCUT2D eigenvalue weighted by molar-refractivity contribution is -0.109. The van der Waals surface area contributed by atoms with Crippen molar-refractivity contribution < 1.29 is 4.74 Å². The molecule has 1 fully saturated rings. The summed E-state index contributed by atoms with van der Waals surface area (Å²) < 4.78 is 6.09. The molecule has 0 spiro atoms. The van der Waals surface area contributed by atoms with Crippen LogP contribution in [0.15, 0.2) is 60.7 Å². The van der Waals surface area contributed by atoms with Crippen molar-refractivity contribution in [3.8, 4) is 0 Å². The third-order valence-electron chi connectivity index (χ3n) is 6.24. The maximum atomic E-state index is 6.09. The van der Waals surface area contributed by atoms with Crippen molar-refractivity contribution in [2.24, 2.45) is 5.41 Å². The average molecular weight is 380 g/mol. The molecule has 0 N–H and O–H groups in total. The van der Waals surface area contributed by atoms with Gasteiger partial charge < -0.3 is 4.74 Å². The van der Waals surface area contributed by atoms with Crippen LogP contribution in [0.3, 0.4) is 0 Å². The summed E-state index contributed by atoms with van der Waals surface area (Å²) in [5.41, 5.74) is 3.14. The first-order chi connectivity index (χ1) is 13.4. The minimum Gasteiger partial charge on any atom is -0.376 e. The Morgan fingerprint density at radius 3 is 2.11 bits per heavy atom. The molecular weight excluding hydrogens is 342 g/mol. The summed E-state index contributed by atoms with van der Waals surface area (Å²) in [5.74, 6) is 0. The number of benzene rings is 2. The Kier molecular flexibility index (Phi) is 6.95. The molecule has 0 amide bonds. The Bertz CT molecular complexity index is 710. The van der Waals surface area contributed by atoms with E-state index < -0.39 is 0 Å². The second kappa shape index (κ2) is 9.24. The van der Waals surface area contributed by atoms with E-state index >= 15 is 0 Å². The van der Waals surface area contributed by atoms with Gasteiger partial charge in [0.15, 0.2) is 0 Å². The maximum absolute atomic E-state index is 6.09. The van der Waals surface area contributed by atoms with Crippen LogP contribution in [-0.2, 0) is 17.7 Å². The highest BCUT2D eigenvalue weighted by Gasteiger charge is 2.40. The Balaban J connectivity index is 1.74. The molecule has 1 aliphatic rings. The normalized spacial score (nSPS) is 21.9. The summed E-state index contributed by atoms with van der Waals surface area (Å²) in [6.07, 6.45) is 4.66. The highest BCUT2D eigenvalue weighted by atomic mass is 16.5. The molecule has 1 aliphatic heterocycles. The quantitative estimate of drug-likeness (QED) is 0.549. The van der Waals surface area contributed by atoms with Gasteiger partial charge in [-0.05, 0) is 76.5 Å². The molecule has 0 aromatic heterocycles. The summed E-state index contributed by atoms with van der Waals surface area (Å²) in [7, 11) is 0. The Labute approximate surface area is 171 Å². The van der Waals surface area contributed by atoms with Gasteiger partial charge in [0.05, 0.1) is 5.60 Å². The fraction of sp³-hybridized carbons (Fsp3) is 0.538. The molecule has 1 unspecified atom stereocenters. The van der Waals surface area contributed by atoms with Crippen molar-refractivity contribution in [3.63, 3.8) is 0 Å². The SMILES string of the molecule is CC(C)N(CCC1(Cc2ccccc2)CCOC(C)(C)C1)Cc1ccccc1. The molecule has 1 heterocycles. The Morgan fingerprint density at radius 2 is 1.54 bits per heavy atom. The molecule has 2 heteroatoms. The van der Waals surface area contributed by atoms with E-state index in [-0.39, 0.29) is 5.60 Å². The minimum atomic E-state index is -0.0326. The molecule has 2 aromatic carbocycles. The zero-order chi connectivity index (χ0) is 20.0. The van der Waals surface area contributed by atoms with E-state index in [1.165, 1.54) is 17.5 Å². The van der Waals surface area contributed by atoms with Crippen molar-refractivity contribution >= 4 is 0 Å². The molecule has 0 saturated carbocycles. The largest absolute Gasteiger partial charge is 0.376 e. The molecule has 3 rings (SSSR count). The number of nitrogens with zero attached hydrogens (tertiary/aromatic N) is 1. The first-order valence-electron chi connectivity index (χ1n) is 10.8. The van der Waals surface area contributed by atoms with Crippen LogP contribution in [0, 0.1) is 5.41 Å². The molecule has 0 bridgehead atoms. The molecule has 28 heavy (non-hydrogen) atoms. The van der Waals surface area contributed by atoms with Gasteiger partial charge in [0.1, 0.15) is 0 Å². The number of hydrogen-bond donors (Lipinski definition) is 0. The predicted molar refractivity (Wildman–Crippen MR) is 118 cm³/mol.